The summed E-state index contributed by atoms with van der Waals surface area (Å²) >= 11 is 0. The lowest BCUT2D eigenvalue weighted by molar-refractivity contribution is -0.138. The van der Waals surface area contributed by atoms with Crippen LogP contribution in [-0.2, 0) is 15.8 Å². The zero-order chi connectivity index (χ0) is 17.9. The molecule has 0 aromatic carbocycles. The van der Waals surface area contributed by atoms with E-state index in [-0.39, 0.29) is 6.04 Å². The SMILES string of the molecule is CC1CCC(NC(=O)C(=O)Nc2cc(C(F)(F)F)c[nH]c2=O)CC1. The number of alkyl halides is 3. The summed E-state index contributed by atoms with van der Waals surface area (Å²) in [5, 5.41) is 4.46. The maximum Gasteiger partial charge on any atom is 0.417 e. The van der Waals surface area contributed by atoms with Gasteiger partial charge in [0, 0.05) is 12.2 Å². The topological polar surface area (TPSA) is 91.1 Å². The monoisotopic (exact) mass is 345 g/mol. The van der Waals surface area contributed by atoms with Crippen LogP contribution in [0.4, 0.5) is 18.9 Å². The number of aromatic amines is 1. The smallest absolute Gasteiger partial charge is 0.345 e. The fourth-order valence-corrected chi connectivity index (χ4v) is 2.57. The Morgan fingerprint density at radius 3 is 2.38 bits per heavy atom. The molecule has 9 heteroatoms. The van der Waals surface area contributed by atoms with Gasteiger partial charge in [-0.3, -0.25) is 14.4 Å². The van der Waals surface area contributed by atoms with Crippen LogP contribution in [0.15, 0.2) is 17.1 Å². The Morgan fingerprint density at radius 2 is 1.79 bits per heavy atom. The Morgan fingerprint density at radius 1 is 1.17 bits per heavy atom. The van der Waals surface area contributed by atoms with Crippen molar-refractivity contribution in [2.24, 2.45) is 5.92 Å². The van der Waals surface area contributed by atoms with E-state index in [4.69, 9.17) is 0 Å². The van der Waals surface area contributed by atoms with Crippen molar-refractivity contribution in [2.45, 2.75) is 44.8 Å². The molecule has 0 saturated heterocycles. The van der Waals surface area contributed by atoms with E-state index in [1.54, 1.807) is 0 Å². The molecule has 1 aliphatic rings. The molecule has 1 aromatic heterocycles. The minimum atomic E-state index is -4.68. The number of carbonyl (C=O) groups is 2. The predicted octanol–water partition coefficient (Wildman–Crippen LogP) is 2.03. The first-order valence-corrected chi connectivity index (χ1v) is 7.58. The van der Waals surface area contributed by atoms with Gasteiger partial charge in [-0.05, 0) is 37.7 Å². The van der Waals surface area contributed by atoms with Crippen molar-refractivity contribution in [3.8, 4) is 0 Å². The summed E-state index contributed by atoms with van der Waals surface area (Å²) in [5.41, 5.74) is -2.67. The van der Waals surface area contributed by atoms with Gasteiger partial charge in [0.15, 0.2) is 0 Å². The summed E-state index contributed by atoms with van der Waals surface area (Å²) in [6.45, 7) is 2.10. The summed E-state index contributed by atoms with van der Waals surface area (Å²) in [6.07, 6.45) is -0.833. The Labute approximate surface area is 135 Å². The molecule has 132 valence electrons. The molecule has 24 heavy (non-hydrogen) atoms. The second-order valence-corrected chi connectivity index (χ2v) is 6.01. The van der Waals surface area contributed by atoms with Crippen LogP contribution >= 0.6 is 0 Å². The number of hydrogen-bond acceptors (Lipinski definition) is 3. The molecule has 2 rings (SSSR count). The number of H-pyrrole nitrogens is 1. The molecule has 1 aliphatic carbocycles. The van der Waals surface area contributed by atoms with Crippen LogP contribution in [-0.4, -0.2) is 22.8 Å². The van der Waals surface area contributed by atoms with E-state index >= 15 is 0 Å². The van der Waals surface area contributed by atoms with Gasteiger partial charge in [0.05, 0.1) is 5.56 Å². The zero-order valence-electron chi connectivity index (χ0n) is 13.0. The van der Waals surface area contributed by atoms with Crippen LogP contribution in [0.3, 0.4) is 0 Å². The highest BCUT2D eigenvalue weighted by atomic mass is 19.4. The third-order valence-corrected chi connectivity index (χ3v) is 4.04. The van der Waals surface area contributed by atoms with Gasteiger partial charge >= 0.3 is 18.0 Å². The molecule has 1 fully saturated rings. The number of pyridine rings is 1. The van der Waals surface area contributed by atoms with E-state index in [0.717, 1.165) is 25.7 Å². The van der Waals surface area contributed by atoms with Gasteiger partial charge in [-0.15, -0.1) is 0 Å². The lowest BCUT2D eigenvalue weighted by Gasteiger charge is -2.26. The van der Waals surface area contributed by atoms with Crippen LogP contribution in [0.25, 0.3) is 0 Å². The second-order valence-electron chi connectivity index (χ2n) is 6.01. The Hall–Kier alpha value is -2.32. The third-order valence-electron chi connectivity index (χ3n) is 4.04. The van der Waals surface area contributed by atoms with Gasteiger partial charge in [-0.1, -0.05) is 6.92 Å². The Bertz CT molecular complexity index is 677. The van der Waals surface area contributed by atoms with Gasteiger partial charge in [0.1, 0.15) is 5.69 Å². The Kier molecular flexibility index (Phi) is 5.30. The molecular weight excluding hydrogens is 327 g/mol. The number of carbonyl (C=O) groups excluding carboxylic acids is 2. The third kappa shape index (κ3) is 4.59. The molecule has 0 radical (unpaired) electrons. The van der Waals surface area contributed by atoms with E-state index in [1.807, 2.05) is 10.3 Å². The van der Waals surface area contributed by atoms with Crippen LogP contribution in [0.2, 0.25) is 0 Å². The largest absolute Gasteiger partial charge is 0.417 e. The Balaban J connectivity index is 2.01. The molecule has 0 atom stereocenters. The number of nitrogens with one attached hydrogen (secondary N) is 3. The van der Waals surface area contributed by atoms with Gasteiger partial charge in [0.25, 0.3) is 5.56 Å². The minimum absolute atomic E-state index is 0.140. The van der Waals surface area contributed by atoms with Crippen molar-refractivity contribution >= 4 is 17.5 Å². The highest BCUT2D eigenvalue weighted by Crippen LogP contribution is 2.29. The van der Waals surface area contributed by atoms with E-state index < -0.39 is 34.8 Å². The van der Waals surface area contributed by atoms with Crippen molar-refractivity contribution in [1.29, 1.82) is 0 Å². The molecule has 0 spiro atoms. The fourth-order valence-electron chi connectivity index (χ4n) is 2.57. The minimum Gasteiger partial charge on any atom is -0.345 e. The number of hydrogen-bond donors (Lipinski definition) is 3. The van der Waals surface area contributed by atoms with Gasteiger partial charge < -0.3 is 15.6 Å². The number of halogens is 3. The van der Waals surface area contributed by atoms with Gasteiger partial charge in [-0.25, -0.2) is 0 Å². The van der Waals surface area contributed by atoms with Crippen molar-refractivity contribution in [2.75, 3.05) is 5.32 Å². The lowest BCUT2D eigenvalue weighted by Crippen LogP contribution is -2.43. The molecule has 3 N–H and O–H groups in total. The summed E-state index contributed by atoms with van der Waals surface area (Å²) in [6, 6.07) is 0.353. The van der Waals surface area contributed by atoms with Crippen LogP contribution < -0.4 is 16.2 Å². The van der Waals surface area contributed by atoms with Crippen LogP contribution in [0.1, 0.15) is 38.2 Å². The standard InChI is InChI=1S/C15H18F3N3O3/c1-8-2-4-10(5-3-8)20-13(23)14(24)21-11-6-9(15(16,17)18)7-19-12(11)22/h6-8,10H,2-5H2,1H3,(H,19,22)(H,20,23)(H,21,24). The van der Waals surface area contributed by atoms with E-state index in [9.17, 15) is 27.6 Å². The molecule has 2 amide bonds. The molecular formula is C15H18F3N3O3. The summed E-state index contributed by atoms with van der Waals surface area (Å²) in [5.74, 6) is -1.57. The number of amides is 2. The van der Waals surface area contributed by atoms with Crippen LogP contribution in [0.5, 0.6) is 0 Å². The van der Waals surface area contributed by atoms with Crippen molar-refractivity contribution in [1.82, 2.24) is 10.3 Å². The average molecular weight is 345 g/mol. The van der Waals surface area contributed by atoms with Gasteiger partial charge in [-0.2, -0.15) is 13.2 Å². The molecule has 0 aliphatic heterocycles. The quantitative estimate of drug-likeness (QED) is 0.716. The highest BCUT2D eigenvalue weighted by Gasteiger charge is 2.32. The number of aromatic nitrogens is 1. The van der Waals surface area contributed by atoms with Crippen molar-refractivity contribution < 1.29 is 22.8 Å². The van der Waals surface area contributed by atoms with E-state index in [1.165, 1.54) is 0 Å². The normalized spacial score (nSPS) is 21.2. The summed E-state index contributed by atoms with van der Waals surface area (Å²) < 4.78 is 37.9. The predicted molar refractivity (Wildman–Crippen MR) is 80.3 cm³/mol. The molecule has 1 aromatic rings. The molecule has 1 heterocycles. The van der Waals surface area contributed by atoms with E-state index in [0.29, 0.717) is 18.2 Å². The lowest BCUT2D eigenvalue weighted by atomic mass is 9.87. The molecule has 6 nitrogen and oxygen atoms in total. The first-order chi connectivity index (χ1) is 11.2. The van der Waals surface area contributed by atoms with E-state index in [2.05, 4.69) is 12.2 Å². The van der Waals surface area contributed by atoms with Crippen molar-refractivity contribution in [3.05, 3.63) is 28.2 Å². The van der Waals surface area contributed by atoms with Gasteiger partial charge in [0.2, 0.25) is 0 Å². The highest BCUT2D eigenvalue weighted by molar-refractivity contribution is 6.39. The maximum absolute atomic E-state index is 12.6. The average Bonchev–Trinajstić information content (AvgIpc) is 2.50. The zero-order valence-corrected chi connectivity index (χ0v) is 13.0. The van der Waals surface area contributed by atoms with Crippen LogP contribution in [0, 0.1) is 5.92 Å². The molecule has 0 bridgehead atoms. The molecule has 0 unspecified atom stereocenters. The summed E-state index contributed by atoms with van der Waals surface area (Å²) in [7, 11) is 0. The number of rotatable bonds is 2. The first kappa shape index (κ1) is 18.0. The summed E-state index contributed by atoms with van der Waals surface area (Å²) in [4.78, 5) is 37.0. The first-order valence-electron chi connectivity index (χ1n) is 7.58. The van der Waals surface area contributed by atoms with Crippen molar-refractivity contribution in [3.63, 3.8) is 0 Å². The maximum atomic E-state index is 12.6. The number of anilines is 1. The fraction of sp³-hybridized carbons (Fsp3) is 0.533. The second kappa shape index (κ2) is 7.06. The molecule has 1 saturated carbocycles.